The Labute approximate surface area is 143 Å². The third kappa shape index (κ3) is 429. The van der Waals surface area contributed by atoms with E-state index < -0.39 is 0 Å². The van der Waals surface area contributed by atoms with Gasteiger partial charge in [0, 0.05) is 112 Å². The molecule has 0 spiro atoms. The minimum atomic E-state index is 0. The Bertz CT molecular complexity index is 13.8. The summed E-state index contributed by atoms with van der Waals surface area (Å²) in [5.41, 5.74) is 0. The molecule has 0 saturated carbocycles. The molecule has 0 aromatic carbocycles. The molecule has 122 valence electrons. The first-order valence-corrected chi connectivity index (χ1v) is 0.549. The SMILES string of the molecule is O.O.O=O.OO.[Cu].[Cu].[Cu].[Cu].[Cu].[Cu].[O-]O. The molecule has 0 atom stereocenters. The second kappa shape index (κ2) is 529. The molecule has 0 rings (SSSR count). The van der Waals surface area contributed by atoms with Crippen LogP contribution in [0.15, 0.2) is 0 Å². The minimum Gasteiger partial charge on any atom is -0.727 e. The fraction of sp³-hybridized carbons (Fsp3) is 0. The van der Waals surface area contributed by atoms with Crippen molar-refractivity contribution >= 4 is 0 Å². The van der Waals surface area contributed by atoms with Gasteiger partial charge in [0.1, 0.15) is 0 Å². The molecule has 6 radical (unpaired) electrons. The molecule has 8 nitrogen and oxygen atoms in total. The first-order valence-electron chi connectivity index (χ1n) is 0.549. The molecule has 7 N–H and O–H groups in total. The van der Waals surface area contributed by atoms with Gasteiger partial charge in [0.25, 0.3) is 0 Å². The van der Waals surface area contributed by atoms with Crippen LogP contribution < -0.4 is 5.26 Å². The van der Waals surface area contributed by atoms with Crippen LogP contribution in [0.4, 0.5) is 0 Å². The number of hydrogen-bond acceptors (Lipinski definition) is 6. The summed E-state index contributed by atoms with van der Waals surface area (Å²) in [7, 11) is 0. The summed E-state index contributed by atoms with van der Waals surface area (Å²) in [5, 5.41) is 25.0. The van der Waals surface area contributed by atoms with Crippen LogP contribution in [0, 0.1) is 9.93 Å². The van der Waals surface area contributed by atoms with Gasteiger partial charge in [-0.2, -0.15) is 0 Å². The van der Waals surface area contributed by atoms with Crippen molar-refractivity contribution in [1.29, 1.82) is 0 Å². The van der Waals surface area contributed by atoms with Crippen LogP contribution in [0.1, 0.15) is 0 Å². The summed E-state index contributed by atoms with van der Waals surface area (Å²) in [6.07, 6.45) is 0. The summed E-state index contributed by atoms with van der Waals surface area (Å²) in [5.74, 6) is 0. The Hall–Kier alpha value is 2.48. The van der Waals surface area contributed by atoms with E-state index in [0.29, 0.717) is 0 Å². The van der Waals surface area contributed by atoms with E-state index in [9.17, 15) is 0 Å². The quantitative estimate of drug-likeness (QED) is 0.178. The van der Waals surface area contributed by atoms with Gasteiger partial charge in [0.15, 0.2) is 0 Å². The van der Waals surface area contributed by atoms with Gasteiger partial charge in [-0.1, -0.05) is 0 Å². The third-order valence-electron chi connectivity index (χ3n) is 0. The van der Waals surface area contributed by atoms with Crippen LogP contribution in [0.25, 0.3) is 0 Å². The van der Waals surface area contributed by atoms with Crippen molar-refractivity contribution in [3.05, 3.63) is 9.93 Å². The maximum Gasteiger partial charge on any atom is 0 e. The molecule has 0 heterocycles. The van der Waals surface area contributed by atoms with Gasteiger partial charge in [0.2, 0.25) is 0 Å². The summed E-state index contributed by atoms with van der Waals surface area (Å²) >= 11 is 0. The zero-order valence-electron chi connectivity index (χ0n) is 5.38. The van der Waals surface area contributed by atoms with E-state index in [1.54, 1.807) is 0 Å². The Morgan fingerprint density at radius 1 is 0.571 bits per heavy atom. The molecule has 0 aromatic heterocycles. The molecule has 0 saturated heterocycles. The van der Waals surface area contributed by atoms with E-state index in [1.165, 1.54) is 0 Å². The second-order valence-corrected chi connectivity index (χ2v) is 0. The molecule has 14 heteroatoms. The van der Waals surface area contributed by atoms with Crippen molar-refractivity contribution in [2.75, 3.05) is 0 Å². The minimum absolute atomic E-state index is 0. The monoisotopic (exact) mass is 513 g/mol. The van der Waals surface area contributed by atoms with Crippen LogP contribution >= 0.6 is 0 Å². The van der Waals surface area contributed by atoms with E-state index in [1.807, 2.05) is 0 Å². The van der Waals surface area contributed by atoms with E-state index in [-0.39, 0.29) is 113 Å². The summed E-state index contributed by atoms with van der Waals surface area (Å²) in [6.45, 7) is 0. The first kappa shape index (κ1) is 132. The molecule has 0 aliphatic heterocycles. The maximum atomic E-state index is 7.25. The van der Waals surface area contributed by atoms with Gasteiger partial charge < -0.3 is 21.5 Å². The second-order valence-electron chi connectivity index (χ2n) is 0. The third-order valence-corrected chi connectivity index (χ3v) is 0. The van der Waals surface area contributed by atoms with E-state index in [4.69, 9.17) is 31.0 Å². The Kier molecular flexibility index (Phi) is 4970. The van der Waals surface area contributed by atoms with Crippen molar-refractivity contribution in [3.8, 4) is 0 Å². The smallest absolute Gasteiger partial charge is 0 e. The van der Waals surface area contributed by atoms with Crippen molar-refractivity contribution in [2.24, 2.45) is 0 Å². The summed E-state index contributed by atoms with van der Waals surface area (Å²) in [6, 6.07) is 0. The van der Waals surface area contributed by atoms with Gasteiger partial charge in [-0.15, -0.1) is 0 Å². The molecule has 0 aliphatic rings. The van der Waals surface area contributed by atoms with Crippen molar-refractivity contribution in [1.82, 2.24) is 0 Å². The molecule has 0 bridgehead atoms. The van der Waals surface area contributed by atoms with Crippen LogP contribution in [0.3, 0.4) is 0 Å². The van der Waals surface area contributed by atoms with Crippen LogP contribution in [0.2, 0.25) is 0 Å². The van der Waals surface area contributed by atoms with Crippen LogP contribution in [-0.4, -0.2) is 26.7 Å². The molecule has 0 unspecified atom stereocenters. The van der Waals surface area contributed by atoms with Crippen molar-refractivity contribution in [3.63, 3.8) is 0 Å². The molecular formula is H7Cu6O8-. The van der Waals surface area contributed by atoms with E-state index in [2.05, 4.69) is 0 Å². The van der Waals surface area contributed by atoms with E-state index >= 15 is 0 Å². The first-order chi connectivity index (χ1) is 3.00. The Morgan fingerprint density at radius 3 is 0.571 bits per heavy atom. The fourth-order valence-electron chi connectivity index (χ4n) is 0. The molecule has 0 amide bonds. The number of hydrogen-bond donors (Lipinski definition) is 3. The molecular weight excluding hydrogens is 509 g/mol. The fourth-order valence-corrected chi connectivity index (χ4v) is 0. The standard InChI is InChI=1S/6Cu.2H2O2.O2.2H2O/c;;;;;;3*1-2;;/h;;;;;;2*1-2H;;2*1H2/p-1. The van der Waals surface area contributed by atoms with Gasteiger partial charge in [-0.05, 0) is 0 Å². The zero-order chi connectivity index (χ0) is 6.00. The topological polar surface area (TPSA) is 181 Å². The normalized spacial score (nSPS) is 1.14. The predicted molar refractivity (Wildman–Crippen MR) is 21.8 cm³/mol. The van der Waals surface area contributed by atoms with Crippen LogP contribution in [0.5, 0.6) is 0 Å². The molecule has 0 aliphatic carbocycles. The Balaban J connectivity index is -0.000000000833. The maximum absolute atomic E-state index is 7.25. The average Bonchev–Trinajstić information content (AvgIpc) is 1.81. The molecule has 0 fully saturated rings. The van der Waals surface area contributed by atoms with Gasteiger partial charge in [-0.3, -0.25) is 10.5 Å². The Morgan fingerprint density at radius 2 is 0.571 bits per heavy atom. The zero-order valence-corrected chi connectivity index (χ0v) is 11.0. The van der Waals surface area contributed by atoms with Crippen molar-refractivity contribution < 1.29 is 134 Å². The van der Waals surface area contributed by atoms with E-state index in [0.717, 1.165) is 0 Å². The number of rotatable bonds is 0. The van der Waals surface area contributed by atoms with Gasteiger partial charge in [0.05, 0.1) is 0 Å². The van der Waals surface area contributed by atoms with Crippen LogP contribution in [-0.2, 0) is 102 Å². The summed E-state index contributed by atoms with van der Waals surface area (Å²) in [4.78, 5) is 14.0. The molecule has 14 heavy (non-hydrogen) atoms. The van der Waals surface area contributed by atoms with Gasteiger partial charge in [-0.25, -0.2) is 0 Å². The van der Waals surface area contributed by atoms with Gasteiger partial charge >= 0.3 is 0 Å². The average molecular weight is 516 g/mol. The predicted octanol–water partition coefficient (Wildman–Crippen LogP) is -2.76. The van der Waals surface area contributed by atoms with Crippen molar-refractivity contribution in [2.45, 2.75) is 0 Å². The largest absolute Gasteiger partial charge is 0.727 e. The summed E-state index contributed by atoms with van der Waals surface area (Å²) < 4.78 is 0. The molecule has 0 aromatic rings.